The van der Waals surface area contributed by atoms with Gasteiger partial charge in [-0.2, -0.15) is 4.31 Å². The Morgan fingerprint density at radius 1 is 1.40 bits per heavy atom. The largest absolute Gasteiger partial charge is 0.392 e. The molecule has 4 nitrogen and oxygen atoms in total. The third kappa shape index (κ3) is 3.02. The lowest BCUT2D eigenvalue weighted by Gasteiger charge is -2.31. The van der Waals surface area contributed by atoms with Crippen molar-refractivity contribution < 1.29 is 17.9 Å². The summed E-state index contributed by atoms with van der Waals surface area (Å²) >= 11 is 0. The fourth-order valence-electron chi connectivity index (χ4n) is 2.40. The topological polar surface area (TPSA) is 57.6 Å². The van der Waals surface area contributed by atoms with E-state index < -0.39 is 22.4 Å². The van der Waals surface area contributed by atoms with Gasteiger partial charge in [-0.25, -0.2) is 12.8 Å². The molecule has 1 aliphatic carbocycles. The highest BCUT2D eigenvalue weighted by Gasteiger charge is 2.30. The van der Waals surface area contributed by atoms with Crippen molar-refractivity contribution in [3.05, 3.63) is 29.6 Å². The molecule has 0 spiro atoms. The lowest BCUT2D eigenvalue weighted by atomic mass is 9.85. The van der Waals surface area contributed by atoms with E-state index in [2.05, 4.69) is 0 Å². The van der Waals surface area contributed by atoms with Crippen LogP contribution in [0.5, 0.6) is 0 Å². The zero-order chi connectivity index (χ0) is 14.8. The van der Waals surface area contributed by atoms with Gasteiger partial charge < -0.3 is 5.11 Å². The number of halogens is 1. The van der Waals surface area contributed by atoms with E-state index in [1.54, 1.807) is 6.92 Å². The molecule has 0 unspecified atom stereocenters. The van der Waals surface area contributed by atoms with Gasteiger partial charge in [-0.05, 0) is 36.5 Å². The van der Waals surface area contributed by atoms with Crippen LogP contribution in [0.15, 0.2) is 23.1 Å². The molecule has 1 aliphatic rings. The van der Waals surface area contributed by atoms with Crippen LogP contribution in [0.2, 0.25) is 0 Å². The molecule has 1 saturated carbocycles. The SMILES string of the molecule is CCN(CC1CCC1)S(=O)(=O)c1cc(F)ccc1CO. The molecular formula is C14H20FNO3S. The summed E-state index contributed by atoms with van der Waals surface area (Å²) in [5.74, 6) is -0.212. The zero-order valence-electron chi connectivity index (χ0n) is 11.5. The van der Waals surface area contributed by atoms with E-state index in [4.69, 9.17) is 0 Å². The number of aliphatic hydroxyl groups is 1. The summed E-state index contributed by atoms with van der Waals surface area (Å²) in [6.45, 7) is 2.17. The monoisotopic (exact) mass is 301 g/mol. The lowest BCUT2D eigenvalue weighted by molar-refractivity contribution is 0.249. The van der Waals surface area contributed by atoms with E-state index in [9.17, 15) is 17.9 Å². The Morgan fingerprint density at radius 3 is 2.60 bits per heavy atom. The molecule has 20 heavy (non-hydrogen) atoms. The Labute approximate surface area is 119 Å². The second kappa shape index (κ2) is 6.20. The molecule has 0 radical (unpaired) electrons. The Morgan fingerprint density at radius 2 is 2.10 bits per heavy atom. The molecular weight excluding hydrogens is 281 g/mol. The van der Waals surface area contributed by atoms with Crippen LogP contribution >= 0.6 is 0 Å². The van der Waals surface area contributed by atoms with Crippen molar-refractivity contribution in [2.75, 3.05) is 13.1 Å². The van der Waals surface area contributed by atoms with Gasteiger partial charge in [0.05, 0.1) is 11.5 Å². The van der Waals surface area contributed by atoms with Crippen LogP contribution in [0.25, 0.3) is 0 Å². The smallest absolute Gasteiger partial charge is 0.243 e. The van der Waals surface area contributed by atoms with Gasteiger partial charge in [-0.3, -0.25) is 0 Å². The average Bonchev–Trinajstić information content (AvgIpc) is 2.37. The molecule has 0 aromatic heterocycles. The maximum Gasteiger partial charge on any atom is 0.243 e. The van der Waals surface area contributed by atoms with Crippen LogP contribution in [-0.2, 0) is 16.6 Å². The second-order valence-corrected chi connectivity index (χ2v) is 7.07. The molecule has 0 amide bonds. The summed E-state index contributed by atoms with van der Waals surface area (Å²) in [7, 11) is -3.75. The van der Waals surface area contributed by atoms with E-state index >= 15 is 0 Å². The van der Waals surface area contributed by atoms with E-state index in [1.165, 1.54) is 10.4 Å². The van der Waals surface area contributed by atoms with Crippen molar-refractivity contribution in [1.29, 1.82) is 0 Å². The molecule has 1 N–H and O–H groups in total. The van der Waals surface area contributed by atoms with Crippen molar-refractivity contribution in [2.24, 2.45) is 5.92 Å². The van der Waals surface area contributed by atoms with E-state index in [0.29, 0.717) is 19.0 Å². The number of rotatable bonds is 6. The molecule has 0 saturated heterocycles. The first-order valence-corrected chi connectivity index (χ1v) is 8.32. The zero-order valence-corrected chi connectivity index (χ0v) is 12.4. The van der Waals surface area contributed by atoms with Crippen molar-refractivity contribution in [3.63, 3.8) is 0 Å². The van der Waals surface area contributed by atoms with Gasteiger partial charge in [0.25, 0.3) is 0 Å². The van der Waals surface area contributed by atoms with Crippen LogP contribution in [0.1, 0.15) is 31.7 Å². The van der Waals surface area contributed by atoms with Gasteiger partial charge in [0.15, 0.2) is 0 Å². The van der Waals surface area contributed by atoms with Gasteiger partial charge in [0.2, 0.25) is 10.0 Å². The van der Waals surface area contributed by atoms with Crippen LogP contribution in [-0.4, -0.2) is 30.9 Å². The molecule has 1 fully saturated rings. The van der Waals surface area contributed by atoms with Crippen molar-refractivity contribution in [3.8, 4) is 0 Å². The number of sulfonamides is 1. The normalized spacial score (nSPS) is 16.4. The van der Waals surface area contributed by atoms with Crippen LogP contribution < -0.4 is 0 Å². The molecule has 0 heterocycles. The number of nitrogens with zero attached hydrogens (tertiary/aromatic N) is 1. The molecule has 1 aromatic rings. The molecule has 2 rings (SSSR count). The van der Waals surface area contributed by atoms with Gasteiger partial charge >= 0.3 is 0 Å². The Balaban J connectivity index is 2.33. The summed E-state index contributed by atoms with van der Waals surface area (Å²) < 4.78 is 40.0. The van der Waals surface area contributed by atoms with Crippen molar-refractivity contribution in [2.45, 2.75) is 37.7 Å². The molecule has 0 aliphatic heterocycles. The minimum atomic E-state index is -3.75. The maximum absolute atomic E-state index is 13.4. The fraction of sp³-hybridized carbons (Fsp3) is 0.571. The third-order valence-electron chi connectivity index (χ3n) is 3.86. The van der Waals surface area contributed by atoms with Crippen molar-refractivity contribution in [1.82, 2.24) is 4.31 Å². The first-order chi connectivity index (χ1) is 9.48. The molecule has 6 heteroatoms. The van der Waals surface area contributed by atoms with Gasteiger partial charge in [0.1, 0.15) is 5.82 Å². The highest BCUT2D eigenvalue weighted by Crippen LogP contribution is 2.30. The molecule has 112 valence electrons. The first kappa shape index (κ1) is 15.4. The fourth-order valence-corrected chi connectivity index (χ4v) is 4.15. The molecule has 1 aromatic carbocycles. The Hall–Kier alpha value is -0.980. The predicted octanol–water partition coefficient (Wildman–Crippen LogP) is 2.13. The third-order valence-corrected chi connectivity index (χ3v) is 5.88. The van der Waals surface area contributed by atoms with Gasteiger partial charge in [-0.1, -0.05) is 19.4 Å². The van der Waals surface area contributed by atoms with E-state index in [0.717, 1.165) is 31.4 Å². The maximum atomic E-state index is 13.4. The number of benzene rings is 1. The minimum Gasteiger partial charge on any atom is -0.392 e. The number of hydrogen-bond acceptors (Lipinski definition) is 3. The van der Waals surface area contributed by atoms with Crippen LogP contribution in [0.3, 0.4) is 0 Å². The average molecular weight is 301 g/mol. The van der Waals surface area contributed by atoms with Crippen LogP contribution in [0.4, 0.5) is 4.39 Å². The molecule has 0 bridgehead atoms. The summed E-state index contributed by atoms with van der Waals surface area (Å²) in [6.07, 6.45) is 3.23. The standard InChI is InChI=1S/C14H20FNO3S/c1-2-16(9-11-4-3-5-11)20(18,19)14-8-13(15)7-6-12(14)10-17/h6-8,11,17H,2-5,9-10H2,1H3. The van der Waals surface area contributed by atoms with Crippen molar-refractivity contribution >= 4 is 10.0 Å². The second-order valence-electron chi connectivity index (χ2n) is 5.16. The Bertz CT molecular complexity index is 570. The Kier molecular flexibility index (Phi) is 4.78. The first-order valence-electron chi connectivity index (χ1n) is 6.88. The van der Waals surface area contributed by atoms with Crippen LogP contribution in [0, 0.1) is 11.7 Å². The number of aliphatic hydroxyl groups excluding tert-OH is 1. The van der Waals surface area contributed by atoms with Gasteiger partial charge in [-0.15, -0.1) is 0 Å². The predicted molar refractivity (Wildman–Crippen MR) is 74.1 cm³/mol. The highest BCUT2D eigenvalue weighted by atomic mass is 32.2. The lowest BCUT2D eigenvalue weighted by Crippen LogP contribution is -2.37. The molecule has 0 atom stereocenters. The summed E-state index contributed by atoms with van der Waals surface area (Å²) in [5, 5.41) is 9.26. The quantitative estimate of drug-likeness (QED) is 0.875. The highest BCUT2D eigenvalue weighted by molar-refractivity contribution is 7.89. The minimum absolute atomic E-state index is 0.124. The van der Waals surface area contributed by atoms with Gasteiger partial charge in [0, 0.05) is 13.1 Å². The summed E-state index contributed by atoms with van der Waals surface area (Å²) in [6, 6.07) is 3.47. The summed E-state index contributed by atoms with van der Waals surface area (Å²) in [4.78, 5) is -0.124. The van der Waals surface area contributed by atoms with E-state index in [-0.39, 0.29) is 10.5 Å². The number of hydrogen-bond donors (Lipinski definition) is 1. The van der Waals surface area contributed by atoms with E-state index in [1.807, 2.05) is 0 Å². The summed E-state index contributed by atoms with van der Waals surface area (Å²) in [5.41, 5.74) is 0.235.